The highest BCUT2D eigenvalue weighted by atomic mass is 31.2. The Morgan fingerprint density at radius 2 is 1.17 bits per heavy atom. The highest BCUT2D eigenvalue weighted by Gasteiger charge is 2.27. The van der Waals surface area contributed by atoms with Crippen molar-refractivity contribution in [1.29, 1.82) is 0 Å². The molecule has 11 heteroatoms. The Bertz CT molecular complexity index is 848. The van der Waals surface area contributed by atoms with Gasteiger partial charge in [0.15, 0.2) is 6.10 Å². The van der Waals surface area contributed by atoms with Gasteiger partial charge in [0.1, 0.15) is 12.7 Å². The van der Waals surface area contributed by atoms with Gasteiger partial charge < -0.3 is 24.6 Å². The number of carbonyl (C=O) groups excluding carboxylic acids is 2. The first kappa shape index (κ1) is 45.5. The van der Waals surface area contributed by atoms with Crippen LogP contribution in [0.5, 0.6) is 0 Å². The minimum atomic E-state index is -4.62. The number of allylic oxidation sites excluding steroid dienone is 3. The van der Waals surface area contributed by atoms with Crippen LogP contribution in [-0.2, 0) is 32.7 Å². The lowest BCUT2D eigenvalue weighted by atomic mass is 10.1. The number of rotatable bonds is 34. The summed E-state index contributed by atoms with van der Waals surface area (Å²) in [5.41, 5.74) is 0. The van der Waals surface area contributed by atoms with Gasteiger partial charge in [-0.3, -0.25) is 13.8 Å². The molecular weight excluding hydrogens is 623 g/mol. The van der Waals surface area contributed by atoms with Crippen molar-refractivity contribution in [1.82, 2.24) is 0 Å². The molecule has 0 aliphatic heterocycles. The van der Waals surface area contributed by atoms with Crippen LogP contribution in [0.2, 0.25) is 0 Å². The van der Waals surface area contributed by atoms with E-state index in [0.29, 0.717) is 6.42 Å². The lowest BCUT2D eigenvalue weighted by Gasteiger charge is -2.20. The van der Waals surface area contributed by atoms with Gasteiger partial charge in [-0.25, -0.2) is 9.36 Å². The average Bonchev–Trinajstić information content (AvgIpc) is 3.05. The molecule has 0 aromatic heterocycles. The Morgan fingerprint density at radius 1 is 0.681 bits per heavy atom. The van der Waals surface area contributed by atoms with Gasteiger partial charge in [-0.1, -0.05) is 148 Å². The molecule has 0 saturated carbocycles. The minimum Gasteiger partial charge on any atom is -0.458 e. The molecule has 10 nitrogen and oxygen atoms in total. The first-order valence-corrected chi connectivity index (χ1v) is 19.8. The molecule has 0 aromatic rings. The molecule has 0 aliphatic carbocycles. The lowest BCUT2D eigenvalue weighted by molar-refractivity contribution is -0.159. The van der Waals surface area contributed by atoms with E-state index in [1.54, 1.807) is 12.2 Å². The molecule has 0 spiro atoms. The van der Waals surface area contributed by atoms with E-state index >= 15 is 0 Å². The first-order valence-electron chi connectivity index (χ1n) is 18.3. The summed E-state index contributed by atoms with van der Waals surface area (Å²) in [6.07, 6.45) is 29.4. The summed E-state index contributed by atoms with van der Waals surface area (Å²) >= 11 is 0. The lowest BCUT2D eigenvalue weighted by Crippen LogP contribution is -2.29. The maximum absolute atomic E-state index is 12.4. The van der Waals surface area contributed by atoms with Gasteiger partial charge in [-0.15, -0.1) is 0 Å². The van der Waals surface area contributed by atoms with E-state index in [9.17, 15) is 24.2 Å². The van der Waals surface area contributed by atoms with Crippen molar-refractivity contribution in [2.24, 2.45) is 0 Å². The van der Waals surface area contributed by atoms with Crippen LogP contribution in [0.3, 0.4) is 0 Å². The number of aliphatic hydroxyl groups is 2. The number of aliphatic hydroxyl groups excluding tert-OH is 2. The number of esters is 2. The maximum Gasteiger partial charge on any atom is 0.472 e. The van der Waals surface area contributed by atoms with Crippen LogP contribution in [0.15, 0.2) is 24.3 Å². The van der Waals surface area contributed by atoms with Crippen LogP contribution in [0, 0.1) is 0 Å². The molecule has 0 aliphatic rings. The van der Waals surface area contributed by atoms with E-state index in [-0.39, 0.29) is 13.0 Å². The van der Waals surface area contributed by atoms with Crippen molar-refractivity contribution in [3.8, 4) is 0 Å². The summed E-state index contributed by atoms with van der Waals surface area (Å²) in [5.74, 6) is -1.18. The van der Waals surface area contributed by atoms with Gasteiger partial charge in [0.05, 0.1) is 19.8 Å². The molecule has 0 bridgehead atoms. The van der Waals surface area contributed by atoms with Gasteiger partial charge in [-0.05, 0) is 19.3 Å². The Kier molecular flexibility index (Phi) is 31.9. The van der Waals surface area contributed by atoms with Crippen LogP contribution in [0.1, 0.15) is 155 Å². The van der Waals surface area contributed by atoms with Crippen molar-refractivity contribution >= 4 is 19.8 Å². The monoisotopic (exact) mass is 690 g/mol. The van der Waals surface area contributed by atoms with Gasteiger partial charge in [-0.2, -0.15) is 0 Å². The molecule has 0 aromatic carbocycles. The average molecular weight is 691 g/mol. The van der Waals surface area contributed by atoms with Crippen molar-refractivity contribution < 1.29 is 47.8 Å². The Morgan fingerprint density at radius 3 is 1.70 bits per heavy atom. The van der Waals surface area contributed by atoms with Crippen LogP contribution in [-0.4, -0.2) is 65.7 Å². The second-order valence-electron chi connectivity index (χ2n) is 12.3. The van der Waals surface area contributed by atoms with E-state index in [2.05, 4.69) is 18.4 Å². The van der Waals surface area contributed by atoms with Gasteiger partial charge in [0.25, 0.3) is 0 Å². The zero-order valence-corrected chi connectivity index (χ0v) is 30.4. The zero-order valence-electron chi connectivity index (χ0n) is 29.5. The summed E-state index contributed by atoms with van der Waals surface area (Å²) in [6, 6.07) is 0. The second-order valence-corrected chi connectivity index (χ2v) is 13.8. The van der Waals surface area contributed by atoms with Crippen LogP contribution < -0.4 is 0 Å². The maximum atomic E-state index is 12.4. The van der Waals surface area contributed by atoms with Crippen LogP contribution in [0.4, 0.5) is 0 Å². The normalized spacial score (nSPS) is 14.4. The fourth-order valence-corrected chi connectivity index (χ4v) is 5.64. The fraction of sp³-hybridized carbons (Fsp3) is 0.833. The quantitative estimate of drug-likeness (QED) is 0.0197. The second kappa shape index (κ2) is 33.0. The summed E-state index contributed by atoms with van der Waals surface area (Å²) < 4.78 is 32.3. The van der Waals surface area contributed by atoms with Crippen molar-refractivity contribution in [3.63, 3.8) is 0 Å². The number of phosphoric acid groups is 1. The minimum absolute atomic E-state index is 0.167. The van der Waals surface area contributed by atoms with Gasteiger partial charge in [0, 0.05) is 12.5 Å². The van der Waals surface area contributed by atoms with E-state index in [4.69, 9.17) is 19.1 Å². The summed E-state index contributed by atoms with van der Waals surface area (Å²) in [4.78, 5) is 34.5. The molecule has 47 heavy (non-hydrogen) atoms. The third-order valence-electron chi connectivity index (χ3n) is 7.71. The van der Waals surface area contributed by atoms with Crippen LogP contribution >= 0.6 is 7.82 Å². The van der Waals surface area contributed by atoms with Crippen molar-refractivity contribution in [2.75, 3.05) is 26.4 Å². The molecule has 0 amide bonds. The van der Waals surface area contributed by atoms with Crippen molar-refractivity contribution in [2.45, 2.75) is 167 Å². The molecule has 0 fully saturated rings. The number of phosphoric ester groups is 1. The molecule has 1 unspecified atom stereocenters. The Balaban J connectivity index is 4.46. The van der Waals surface area contributed by atoms with Gasteiger partial charge in [0.2, 0.25) is 0 Å². The molecule has 0 heterocycles. The summed E-state index contributed by atoms with van der Waals surface area (Å²) in [5, 5.41) is 18.2. The third-order valence-corrected chi connectivity index (χ3v) is 8.66. The van der Waals surface area contributed by atoms with E-state index in [1.165, 1.54) is 102 Å². The first-order chi connectivity index (χ1) is 22.7. The standard InChI is InChI=1S/C36H67O10P/c1-3-5-7-9-11-13-14-15-16-17-18-20-21-23-25-27-35(39)43-31-34(32-45-47(41,42)44-30-33(38)29-37)46-36(40)28-26-24-22-19-12-10-8-6-4-2/h21,23,25,27,33-34,37-38H,3-20,22,24,26,28-32H2,1-2H3,(H,41,42)/b23-21+,27-25+/t33-,34+/m1/s1. The topological polar surface area (TPSA) is 149 Å². The highest BCUT2D eigenvalue weighted by Crippen LogP contribution is 2.43. The summed E-state index contributed by atoms with van der Waals surface area (Å²) in [6.45, 7) is 2.21. The SMILES string of the molecule is CCCCCCCCCCCCC/C=C/C=C/C(=O)OC[C@@H](COP(=O)(O)OC[C@H](O)CO)OC(=O)CCCCCCCCCCC. The largest absolute Gasteiger partial charge is 0.472 e. The Labute approximate surface area is 285 Å². The molecule has 0 radical (unpaired) electrons. The van der Waals surface area contributed by atoms with E-state index < -0.39 is 51.8 Å². The third kappa shape index (κ3) is 32.8. The highest BCUT2D eigenvalue weighted by molar-refractivity contribution is 7.47. The molecule has 3 N–H and O–H groups in total. The van der Waals surface area contributed by atoms with Crippen molar-refractivity contribution in [3.05, 3.63) is 24.3 Å². The Hall–Kier alpha value is -1.55. The number of unbranched alkanes of at least 4 members (excludes halogenated alkanes) is 19. The molecule has 276 valence electrons. The number of hydrogen-bond acceptors (Lipinski definition) is 9. The number of ether oxygens (including phenoxy) is 2. The predicted molar refractivity (Wildman–Crippen MR) is 187 cm³/mol. The van der Waals surface area contributed by atoms with E-state index in [0.717, 1.165) is 32.1 Å². The molecule has 3 atom stereocenters. The summed E-state index contributed by atoms with van der Waals surface area (Å²) in [7, 11) is -4.62. The predicted octanol–water partition coefficient (Wildman–Crippen LogP) is 8.66. The molecular formula is C36H67O10P. The number of carbonyl (C=O) groups is 2. The number of hydrogen-bond donors (Lipinski definition) is 3. The van der Waals surface area contributed by atoms with Gasteiger partial charge >= 0.3 is 19.8 Å². The zero-order chi connectivity index (χ0) is 34.9. The van der Waals surface area contributed by atoms with E-state index in [1.807, 2.05) is 6.08 Å². The fourth-order valence-electron chi connectivity index (χ4n) is 4.85. The molecule has 0 rings (SSSR count). The van der Waals surface area contributed by atoms with Crippen LogP contribution in [0.25, 0.3) is 0 Å². The molecule has 0 saturated heterocycles. The smallest absolute Gasteiger partial charge is 0.458 e.